The normalized spacial score (nSPS) is 18.7. The molecule has 0 radical (unpaired) electrons. The Kier molecular flexibility index (Phi) is 8.16. The van der Waals surface area contributed by atoms with E-state index >= 15 is 0 Å². The molecule has 3 aromatic carbocycles. The number of nitrogens with one attached hydrogen (secondary N) is 1. The Balaban J connectivity index is 1.50. The van der Waals surface area contributed by atoms with Crippen LogP contribution in [-0.4, -0.2) is 51.2 Å². The van der Waals surface area contributed by atoms with E-state index in [2.05, 4.69) is 4.98 Å². The molecule has 1 saturated heterocycles. The molecule has 1 aliphatic heterocycles. The van der Waals surface area contributed by atoms with E-state index in [4.69, 9.17) is 19.3 Å². The second-order valence-electron chi connectivity index (χ2n) is 9.84. The van der Waals surface area contributed by atoms with E-state index in [9.17, 15) is 19.5 Å². The van der Waals surface area contributed by atoms with Gasteiger partial charge in [0.05, 0.1) is 12.7 Å². The lowest BCUT2D eigenvalue weighted by Gasteiger charge is -2.37. The molecular weight excluding hydrogens is 528 g/mol. The third-order valence-electron chi connectivity index (χ3n) is 7.11. The fourth-order valence-corrected chi connectivity index (χ4v) is 5.07. The summed E-state index contributed by atoms with van der Waals surface area (Å²) in [4.78, 5) is 37.5. The molecule has 0 amide bonds. The molecule has 10 heteroatoms. The minimum Gasteiger partial charge on any atom is -0.482 e. The van der Waals surface area contributed by atoms with E-state index in [1.54, 1.807) is 19.1 Å². The number of aromatic amines is 1. The third-order valence-corrected chi connectivity index (χ3v) is 7.11. The molecule has 0 aliphatic carbocycles. The van der Waals surface area contributed by atoms with Gasteiger partial charge in [-0.2, -0.15) is 0 Å². The summed E-state index contributed by atoms with van der Waals surface area (Å²) in [5.74, 6) is -0.682. The van der Waals surface area contributed by atoms with Gasteiger partial charge in [0, 0.05) is 18.2 Å². The van der Waals surface area contributed by atoms with Crippen molar-refractivity contribution in [2.75, 3.05) is 13.2 Å². The number of hydrogen-bond acceptors (Lipinski definition) is 7. The molecule has 3 atom stereocenters. The Hall–Kier alpha value is -4.51. The highest BCUT2D eigenvalue weighted by Crippen LogP contribution is 2.42. The SMILES string of the molecule is Cc1cn([C@H]2C[C@H](O)[C@H](COC(c3ccccc3)(c3ccccc3)c3ccc(OCC(=O)O)cc3)O2)c(=O)[nH]c1=O. The summed E-state index contributed by atoms with van der Waals surface area (Å²) in [6.07, 6.45) is -0.929. The van der Waals surface area contributed by atoms with E-state index in [1.807, 2.05) is 72.8 Å². The van der Waals surface area contributed by atoms with Crippen LogP contribution in [0.3, 0.4) is 0 Å². The van der Waals surface area contributed by atoms with Gasteiger partial charge in [-0.3, -0.25) is 14.3 Å². The van der Waals surface area contributed by atoms with Gasteiger partial charge in [-0.05, 0) is 35.7 Å². The van der Waals surface area contributed by atoms with Crippen LogP contribution < -0.4 is 16.0 Å². The minimum atomic E-state index is -1.14. The summed E-state index contributed by atoms with van der Waals surface area (Å²) in [7, 11) is 0. The molecule has 1 aromatic heterocycles. The van der Waals surface area contributed by atoms with Gasteiger partial charge < -0.3 is 24.4 Å². The number of aromatic nitrogens is 2. The second-order valence-corrected chi connectivity index (χ2v) is 9.84. The lowest BCUT2D eigenvalue weighted by Crippen LogP contribution is -2.38. The number of aliphatic hydroxyl groups excluding tert-OH is 1. The van der Waals surface area contributed by atoms with E-state index in [0.29, 0.717) is 11.3 Å². The molecule has 1 aliphatic rings. The molecular formula is C31H30N2O8. The van der Waals surface area contributed by atoms with Crippen molar-refractivity contribution in [2.24, 2.45) is 0 Å². The van der Waals surface area contributed by atoms with Crippen molar-refractivity contribution in [3.63, 3.8) is 0 Å². The first kappa shape index (κ1) is 28.0. The zero-order valence-electron chi connectivity index (χ0n) is 22.3. The van der Waals surface area contributed by atoms with Crippen LogP contribution in [0.1, 0.15) is 34.9 Å². The van der Waals surface area contributed by atoms with Crippen molar-refractivity contribution >= 4 is 5.97 Å². The van der Waals surface area contributed by atoms with Crippen molar-refractivity contribution in [3.8, 4) is 5.75 Å². The smallest absolute Gasteiger partial charge is 0.341 e. The molecule has 0 saturated carbocycles. The maximum Gasteiger partial charge on any atom is 0.341 e. The summed E-state index contributed by atoms with van der Waals surface area (Å²) in [6.45, 7) is 1.09. The first-order valence-corrected chi connectivity index (χ1v) is 13.1. The Morgan fingerprint density at radius 3 is 2.15 bits per heavy atom. The minimum absolute atomic E-state index is 0.0319. The highest BCUT2D eigenvalue weighted by atomic mass is 16.6. The summed E-state index contributed by atoms with van der Waals surface area (Å²) >= 11 is 0. The van der Waals surface area contributed by atoms with Crippen molar-refractivity contribution in [1.82, 2.24) is 9.55 Å². The number of carbonyl (C=O) groups is 1. The first-order valence-electron chi connectivity index (χ1n) is 13.1. The lowest BCUT2D eigenvalue weighted by molar-refractivity contribution is -0.139. The summed E-state index contributed by atoms with van der Waals surface area (Å²) in [6, 6.07) is 26.2. The predicted octanol–water partition coefficient (Wildman–Crippen LogP) is 2.97. The molecule has 1 fully saturated rings. The lowest BCUT2D eigenvalue weighted by atomic mass is 9.80. The Bertz CT molecular complexity index is 1560. The zero-order valence-corrected chi connectivity index (χ0v) is 22.3. The zero-order chi connectivity index (χ0) is 29.0. The standard InChI is InChI=1S/C31H30N2O8/c1-20-17-33(30(38)32-29(20)37)27-16-25(34)26(41-27)18-40-31(21-8-4-2-5-9-21,22-10-6-3-7-11-22)23-12-14-24(15-13-23)39-19-28(35)36/h2-15,17,25-27,34H,16,18-19H2,1H3,(H,35,36)(H,32,37,38)/t25-,26-,27+/m0/s1. The number of benzene rings is 3. The number of carboxylic acids is 1. The van der Waals surface area contributed by atoms with Gasteiger partial charge in [0.15, 0.2) is 6.61 Å². The largest absolute Gasteiger partial charge is 0.482 e. The van der Waals surface area contributed by atoms with Crippen LogP contribution in [0.5, 0.6) is 5.75 Å². The van der Waals surface area contributed by atoms with Crippen molar-refractivity contribution in [2.45, 2.75) is 37.4 Å². The van der Waals surface area contributed by atoms with Gasteiger partial charge in [-0.1, -0.05) is 72.8 Å². The fraction of sp³-hybridized carbons (Fsp3) is 0.258. The molecule has 0 unspecified atom stereocenters. The van der Waals surface area contributed by atoms with Crippen molar-refractivity contribution < 1.29 is 29.2 Å². The van der Waals surface area contributed by atoms with E-state index < -0.39 is 47.9 Å². The van der Waals surface area contributed by atoms with Crippen LogP contribution in [0.15, 0.2) is 101 Å². The topological polar surface area (TPSA) is 140 Å². The van der Waals surface area contributed by atoms with Gasteiger partial charge in [0.2, 0.25) is 0 Å². The molecule has 0 spiro atoms. The number of aliphatic hydroxyl groups is 1. The van der Waals surface area contributed by atoms with Crippen LogP contribution in [0.4, 0.5) is 0 Å². The fourth-order valence-electron chi connectivity index (χ4n) is 5.07. The number of hydrogen-bond donors (Lipinski definition) is 3. The van der Waals surface area contributed by atoms with Crippen LogP contribution in [0.2, 0.25) is 0 Å². The number of nitrogens with zero attached hydrogens (tertiary/aromatic N) is 1. The molecule has 4 aromatic rings. The first-order chi connectivity index (χ1) is 19.8. The van der Waals surface area contributed by atoms with Gasteiger partial charge in [-0.15, -0.1) is 0 Å². The summed E-state index contributed by atoms with van der Waals surface area (Å²) in [5.41, 5.74) is 0.510. The van der Waals surface area contributed by atoms with E-state index in [-0.39, 0.29) is 13.0 Å². The highest BCUT2D eigenvalue weighted by molar-refractivity contribution is 5.68. The van der Waals surface area contributed by atoms with Gasteiger partial charge in [0.1, 0.15) is 23.7 Å². The number of rotatable bonds is 10. The quantitative estimate of drug-likeness (QED) is 0.253. The summed E-state index contributed by atoms with van der Waals surface area (Å²) < 4.78 is 19.5. The monoisotopic (exact) mass is 558 g/mol. The average Bonchev–Trinajstić information content (AvgIpc) is 3.35. The number of carboxylic acid groups (broad SMARTS) is 1. The van der Waals surface area contributed by atoms with E-state index in [1.165, 1.54) is 10.8 Å². The van der Waals surface area contributed by atoms with Crippen LogP contribution in [0.25, 0.3) is 0 Å². The molecule has 2 heterocycles. The summed E-state index contributed by atoms with van der Waals surface area (Å²) in [5, 5.41) is 19.9. The molecule has 41 heavy (non-hydrogen) atoms. The predicted molar refractivity (Wildman–Crippen MR) is 149 cm³/mol. The second kappa shape index (κ2) is 11.9. The Labute approximate surface area is 235 Å². The third kappa shape index (κ3) is 5.85. The number of H-pyrrole nitrogens is 1. The van der Waals surface area contributed by atoms with Crippen LogP contribution in [0, 0.1) is 6.92 Å². The molecule has 5 rings (SSSR count). The maximum absolute atomic E-state index is 12.4. The Morgan fingerprint density at radius 1 is 0.976 bits per heavy atom. The average molecular weight is 559 g/mol. The van der Waals surface area contributed by atoms with E-state index in [0.717, 1.165) is 16.7 Å². The maximum atomic E-state index is 12.4. The van der Waals surface area contributed by atoms with Gasteiger partial charge >= 0.3 is 11.7 Å². The van der Waals surface area contributed by atoms with Crippen molar-refractivity contribution in [3.05, 3.63) is 134 Å². The molecule has 212 valence electrons. The molecule has 3 N–H and O–H groups in total. The number of ether oxygens (including phenoxy) is 3. The van der Waals surface area contributed by atoms with Crippen molar-refractivity contribution in [1.29, 1.82) is 0 Å². The van der Waals surface area contributed by atoms with Crippen LogP contribution >= 0.6 is 0 Å². The Morgan fingerprint density at radius 2 is 1.56 bits per heavy atom. The van der Waals surface area contributed by atoms with Crippen LogP contribution in [-0.2, 0) is 19.9 Å². The molecule has 10 nitrogen and oxygen atoms in total. The highest BCUT2D eigenvalue weighted by Gasteiger charge is 2.42. The van der Waals surface area contributed by atoms with Gasteiger partial charge in [-0.25, -0.2) is 9.59 Å². The number of aliphatic carboxylic acids is 1. The number of aryl methyl sites for hydroxylation is 1. The molecule has 0 bridgehead atoms. The van der Waals surface area contributed by atoms with Gasteiger partial charge in [0.25, 0.3) is 5.56 Å².